The van der Waals surface area contributed by atoms with Gasteiger partial charge in [0.05, 0.1) is 13.2 Å². The number of hydrogen-bond donors (Lipinski definition) is 2. The Morgan fingerprint density at radius 1 is 1.38 bits per heavy atom. The summed E-state index contributed by atoms with van der Waals surface area (Å²) in [7, 11) is 1.59. The van der Waals surface area contributed by atoms with Crippen LogP contribution in [0, 0.1) is 0 Å². The number of carbonyl (C=O) groups is 1. The first kappa shape index (κ1) is 15.6. The summed E-state index contributed by atoms with van der Waals surface area (Å²) in [5.74, 6) is 1.04. The number of phenolic OH excluding ortho intramolecular Hbond substituents is 1. The van der Waals surface area contributed by atoms with Crippen LogP contribution in [0.4, 0.5) is 0 Å². The second-order valence-electron chi connectivity index (χ2n) is 5.48. The average molecular weight is 292 g/mol. The van der Waals surface area contributed by atoms with Gasteiger partial charge in [-0.15, -0.1) is 0 Å². The van der Waals surface area contributed by atoms with Gasteiger partial charge in [0.15, 0.2) is 0 Å². The van der Waals surface area contributed by atoms with E-state index in [0.717, 1.165) is 31.5 Å². The fourth-order valence-corrected chi connectivity index (χ4v) is 2.57. The van der Waals surface area contributed by atoms with Gasteiger partial charge in [-0.05, 0) is 44.4 Å². The monoisotopic (exact) mass is 292 g/mol. The number of ether oxygens (including phenoxy) is 1. The predicted octanol–water partition coefficient (Wildman–Crippen LogP) is 1.89. The number of carbonyl (C=O) groups excluding carboxylic acids is 1. The van der Waals surface area contributed by atoms with Crippen LogP contribution in [0.1, 0.15) is 31.7 Å². The zero-order chi connectivity index (χ0) is 15.2. The molecule has 1 fully saturated rings. The fraction of sp³-hybridized carbons (Fsp3) is 0.562. The summed E-state index contributed by atoms with van der Waals surface area (Å²) in [6, 6.07) is 4.84. The van der Waals surface area contributed by atoms with Crippen LogP contribution in [0.2, 0.25) is 0 Å². The van der Waals surface area contributed by atoms with Crippen molar-refractivity contribution in [2.75, 3.05) is 20.2 Å². The molecule has 0 aliphatic carbocycles. The van der Waals surface area contributed by atoms with Gasteiger partial charge in [-0.1, -0.05) is 0 Å². The number of likely N-dealkylation sites (tertiary alicyclic amines) is 1. The smallest absolute Gasteiger partial charge is 0.239 e. The number of amides is 1. The first-order valence-corrected chi connectivity index (χ1v) is 7.50. The van der Waals surface area contributed by atoms with Crippen molar-refractivity contribution in [3.8, 4) is 11.5 Å². The van der Waals surface area contributed by atoms with Crippen LogP contribution in [-0.4, -0.2) is 42.2 Å². The molecule has 0 radical (unpaired) electrons. The Morgan fingerprint density at radius 2 is 2.10 bits per heavy atom. The van der Waals surface area contributed by atoms with E-state index in [4.69, 9.17) is 4.74 Å². The highest BCUT2D eigenvalue weighted by Crippen LogP contribution is 2.22. The van der Waals surface area contributed by atoms with Crippen molar-refractivity contribution in [3.63, 3.8) is 0 Å². The number of piperidine rings is 1. The molecule has 1 saturated heterocycles. The number of rotatable bonds is 5. The van der Waals surface area contributed by atoms with E-state index in [1.54, 1.807) is 25.3 Å². The standard InChI is InChI=1S/C16H24N2O3/c1-12(16(20)18-8-4-3-5-9-18)17-11-13-10-14(21-2)6-7-15(13)19/h6-7,10,12,17,19H,3-5,8-9,11H2,1-2H3. The van der Waals surface area contributed by atoms with Gasteiger partial charge in [0.2, 0.25) is 5.91 Å². The molecule has 21 heavy (non-hydrogen) atoms. The third-order valence-corrected chi connectivity index (χ3v) is 3.92. The van der Waals surface area contributed by atoms with Crippen molar-refractivity contribution in [3.05, 3.63) is 23.8 Å². The summed E-state index contributed by atoms with van der Waals surface area (Å²) < 4.78 is 5.15. The molecular weight excluding hydrogens is 268 g/mol. The Labute approximate surface area is 125 Å². The highest BCUT2D eigenvalue weighted by molar-refractivity contribution is 5.81. The van der Waals surface area contributed by atoms with Crippen molar-refractivity contribution in [2.24, 2.45) is 0 Å². The van der Waals surface area contributed by atoms with Gasteiger partial charge in [-0.2, -0.15) is 0 Å². The van der Waals surface area contributed by atoms with Gasteiger partial charge in [0.25, 0.3) is 0 Å². The number of nitrogens with zero attached hydrogens (tertiary/aromatic N) is 1. The number of nitrogens with one attached hydrogen (secondary N) is 1. The lowest BCUT2D eigenvalue weighted by Gasteiger charge is -2.29. The zero-order valence-corrected chi connectivity index (χ0v) is 12.8. The maximum atomic E-state index is 12.3. The van der Waals surface area contributed by atoms with E-state index in [9.17, 15) is 9.90 Å². The lowest BCUT2D eigenvalue weighted by Crippen LogP contribution is -2.46. The first-order valence-electron chi connectivity index (χ1n) is 7.50. The molecule has 0 spiro atoms. The zero-order valence-electron chi connectivity index (χ0n) is 12.8. The molecule has 0 saturated carbocycles. The molecule has 1 atom stereocenters. The molecule has 2 rings (SSSR count). The van der Waals surface area contributed by atoms with Crippen molar-refractivity contribution in [2.45, 2.75) is 38.8 Å². The minimum absolute atomic E-state index is 0.136. The van der Waals surface area contributed by atoms with Gasteiger partial charge in [-0.3, -0.25) is 4.79 Å². The molecule has 2 N–H and O–H groups in total. The average Bonchev–Trinajstić information content (AvgIpc) is 2.54. The van der Waals surface area contributed by atoms with Crippen molar-refractivity contribution in [1.29, 1.82) is 0 Å². The summed E-state index contributed by atoms with van der Waals surface area (Å²) in [5.41, 5.74) is 0.729. The quantitative estimate of drug-likeness (QED) is 0.870. The summed E-state index contributed by atoms with van der Waals surface area (Å²) in [6.45, 7) is 4.02. The van der Waals surface area contributed by atoms with Crippen LogP contribution < -0.4 is 10.1 Å². The molecular formula is C16H24N2O3. The summed E-state index contributed by atoms with van der Waals surface area (Å²) >= 11 is 0. The first-order chi connectivity index (χ1) is 10.1. The Bertz CT molecular complexity index is 484. The number of phenols is 1. The molecule has 1 aromatic rings. The van der Waals surface area contributed by atoms with Gasteiger partial charge < -0.3 is 20.1 Å². The number of aromatic hydroxyl groups is 1. The molecule has 1 heterocycles. The van der Waals surface area contributed by atoms with Crippen LogP contribution in [0.25, 0.3) is 0 Å². The van der Waals surface area contributed by atoms with E-state index >= 15 is 0 Å². The van der Waals surface area contributed by atoms with E-state index < -0.39 is 0 Å². The van der Waals surface area contributed by atoms with E-state index in [1.807, 2.05) is 11.8 Å². The van der Waals surface area contributed by atoms with E-state index in [2.05, 4.69) is 5.32 Å². The molecule has 1 amide bonds. The molecule has 116 valence electrons. The maximum Gasteiger partial charge on any atom is 0.239 e. The van der Waals surface area contributed by atoms with E-state index in [1.165, 1.54) is 6.42 Å². The summed E-state index contributed by atoms with van der Waals surface area (Å²) in [6.07, 6.45) is 3.40. The minimum Gasteiger partial charge on any atom is -0.508 e. The third-order valence-electron chi connectivity index (χ3n) is 3.92. The van der Waals surface area contributed by atoms with Gasteiger partial charge in [0.1, 0.15) is 11.5 Å². The topological polar surface area (TPSA) is 61.8 Å². The highest BCUT2D eigenvalue weighted by Gasteiger charge is 2.21. The summed E-state index contributed by atoms with van der Waals surface area (Å²) in [5, 5.41) is 13.0. The van der Waals surface area contributed by atoms with Crippen molar-refractivity contribution >= 4 is 5.91 Å². The number of hydrogen-bond acceptors (Lipinski definition) is 4. The largest absolute Gasteiger partial charge is 0.508 e. The minimum atomic E-state index is -0.256. The Hall–Kier alpha value is -1.75. The lowest BCUT2D eigenvalue weighted by atomic mass is 10.1. The van der Waals surface area contributed by atoms with Crippen molar-refractivity contribution < 1.29 is 14.6 Å². The number of methoxy groups -OCH3 is 1. The molecule has 5 heteroatoms. The van der Waals surface area contributed by atoms with E-state index in [-0.39, 0.29) is 17.7 Å². The second kappa shape index (κ2) is 7.31. The SMILES string of the molecule is COc1ccc(O)c(CNC(C)C(=O)N2CCCCC2)c1. The number of benzene rings is 1. The molecule has 0 bridgehead atoms. The Balaban J connectivity index is 1.91. The van der Waals surface area contributed by atoms with Crippen LogP contribution in [-0.2, 0) is 11.3 Å². The Morgan fingerprint density at radius 3 is 2.76 bits per heavy atom. The fourth-order valence-electron chi connectivity index (χ4n) is 2.57. The molecule has 0 aromatic heterocycles. The van der Waals surface area contributed by atoms with E-state index in [0.29, 0.717) is 12.3 Å². The van der Waals surface area contributed by atoms with Gasteiger partial charge in [0, 0.05) is 25.2 Å². The Kier molecular flexibility index (Phi) is 5.44. The predicted molar refractivity (Wildman–Crippen MR) is 81.4 cm³/mol. The third kappa shape index (κ3) is 4.11. The van der Waals surface area contributed by atoms with Crippen molar-refractivity contribution in [1.82, 2.24) is 10.2 Å². The van der Waals surface area contributed by atoms with Crippen LogP contribution >= 0.6 is 0 Å². The van der Waals surface area contributed by atoms with Crippen LogP contribution in [0.3, 0.4) is 0 Å². The highest BCUT2D eigenvalue weighted by atomic mass is 16.5. The maximum absolute atomic E-state index is 12.3. The lowest BCUT2D eigenvalue weighted by molar-refractivity contribution is -0.133. The molecule has 5 nitrogen and oxygen atoms in total. The summed E-state index contributed by atoms with van der Waals surface area (Å²) in [4.78, 5) is 14.2. The molecule has 1 aromatic carbocycles. The van der Waals surface area contributed by atoms with Gasteiger partial charge >= 0.3 is 0 Å². The van der Waals surface area contributed by atoms with Crippen LogP contribution in [0.15, 0.2) is 18.2 Å². The molecule has 1 aliphatic rings. The van der Waals surface area contributed by atoms with Gasteiger partial charge in [-0.25, -0.2) is 0 Å². The second-order valence-corrected chi connectivity index (χ2v) is 5.48. The van der Waals surface area contributed by atoms with Crippen LogP contribution in [0.5, 0.6) is 11.5 Å². The normalized spacial score (nSPS) is 16.6. The molecule has 1 aliphatic heterocycles. The molecule has 1 unspecified atom stereocenters.